The van der Waals surface area contributed by atoms with Crippen LogP contribution in [-0.4, -0.2) is 21.6 Å². The summed E-state index contributed by atoms with van der Waals surface area (Å²) < 4.78 is 6.89. The number of benzene rings is 2. The summed E-state index contributed by atoms with van der Waals surface area (Å²) in [6.07, 6.45) is 1.56. The lowest BCUT2D eigenvalue weighted by atomic mass is 10.1. The minimum Gasteiger partial charge on any atom is -0.467 e. The highest BCUT2D eigenvalue weighted by Gasteiger charge is 2.19. The Morgan fingerprint density at radius 2 is 1.78 bits per heavy atom. The monoisotopic (exact) mass is 448 g/mol. The van der Waals surface area contributed by atoms with Gasteiger partial charge in [-0.25, -0.2) is 4.68 Å². The van der Waals surface area contributed by atoms with Gasteiger partial charge in [-0.2, -0.15) is 5.10 Å². The minimum atomic E-state index is -0.214. The molecule has 162 valence electrons. The highest BCUT2D eigenvalue weighted by atomic mass is 35.5. The number of halogens is 1. The van der Waals surface area contributed by atoms with Crippen LogP contribution in [0.15, 0.2) is 71.3 Å². The van der Waals surface area contributed by atoms with E-state index in [2.05, 4.69) is 15.7 Å². The van der Waals surface area contributed by atoms with Gasteiger partial charge in [0.25, 0.3) is 5.91 Å². The van der Waals surface area contributed by atoms with E-state index in [0.717, 1.165) is 16.8 Å². The van der Waals surface area contributed by atoms with E-state index in [1.54, 1.807) is 59.5 Å². The van der Waals surface area contributed by atoms with E-state index in [4.69, 9.17) is 16.0 Å². The first kappa shape index (κ1) is 21.4. The Kier molecular flexibility index (Phi) is 6.09. The zero-order chi connectivity index (χ0) is 22.7. The summed E-state index contributed by atoms with van der Waals surface area (Å²) >= 11 is 6.03. The number of nitrogens with zero attached hydrogens (tertiary/aromatic N) is 2. The fourth-order valence-corrected chi connectivity index (χ4v) is 3.52. The maximum atomic E-state index is 12.4. The number of aryl methyl sites for hydroxylation is 1. The number of furan rings is 1. The largest absolute Gasteiger partial charge is 0.467 e. The van der Waals surface area contributed by atoms with Gasteiger partial charge in [0.2, 0.25) is 5.91 Å². The SMILES string of the molecule is CC(=O)Nc1c(-c2ccc(Cl)cc2)c(C)nn1-c1ccc(C(=O)NCc2ccco2)cc1. The van der Waals surface area contributed by atoms with Crippen LogP contribution < -0.4 is 10.6 Å². The first-order valence-electron chi connectivity index (χ1n) is 9.96. The van der Waals surface area contributed by atoms with Gasteiger partial charge in [0.15, 0.2) is 0 Å². The van der Waals surface area contributed by atoms with Crippen LogP contribution in [-0.2, 0) is 11.3 Å². The molecule has 2 N–H and O–H groups in total. The third-order valence-electron chi connectivity index (χ3n) is 4.87. The second-order valence-corrected chi connectivity index (χ2v) is 7.65. The Labute approximate surface area is 190 Å². The highest BCUT2D eigenvalue weighted by molar-refractivity contribution is 6.30. The predicted octanol–water partition coefficient (Wildman–Crippen LogP) is 4.98. The molecule has 0 aliphatic carbocycles. The van der Waals surface area contributed by atoms with E-state index in [9.17, 15) is 9.59 Å². The lowest BCUT2D eigenvalue weighted by Crippen LogP contribution is -2.22. The fourth-order valence-electron chi connectivity index (χ4n) is 3.40. The van der Waals surface area contributed by atoms with Crippen LogP contribution in [0.4, 0.5) is 5.82 Å². The van der Waals surface area contributed by atoms with E-state index < -0.39 is 0 Å². The standard InChI is InChI=1S/C24H21ClN4O3/c1-15-22(17-5-9-19(25)10-6-17)23(27-16(2)30)29(28-15)20-11-7-18(8-12-20)24(31)26-14-21-4-3-13-32-21/h3-13H,14H2,1-2H3,(H,26,31)(H,27,30). The molecule has 0 radical (unpaired) electrons. The molecular weight excluding hydrogens is 428 g/mol. The van der Waals surface area contributed by atoms with Crippen molar-refractivity contribution in [2.24, 2.45) is 0 Å². The summed E-state index contributed by atoms with van der Waals surface area (Å²) in [6, 6.07) is 17.9. The molecule has 8 heteroatoms. The zero-order valence-electron chi connectivity index (χ0n) is 17.6. The Balaban J connectivity index is 1.64. The van der Waals surface area contributed by atoms with Gasteiger partial charge in [-0.15, -0.1) is 0 Å². The van der Waals surface area contributed by atoms with Crippen LogP contribution in [0.25, 0.3) is 16.8 Å². The van der Waals surface area contributed by atoms with Gasteiger partial charge < -0.3 is 15.1 Å². The van der Waals surface area contributed by atoms with Crippen molar-refractivity contribution in [1.82, 2.24) is 15.1 Å². The average molecular weight is 449 g/mol. The number of carbonyl (C=O) groups is 2. The highest BCUT2D eigenvalue weighted by Crippen LogP contribution is 2.34. The van der Waals surface area contributed by atoms with Crippen molar-refractivity contribution >= 4 is 29.2 Å². The van der Waals surface area contributed by atoms with Crippen LogP contribution in [0.1, 0.15) is 28.7 Å². The van der Waals surface area contributed by atoms with E-state index >= 15 is 0 Å². The smallest absolute Gasteiger partial charge is 0.251 e. The predicted molar refractivity (Wildman–Crippen MR) is 123 cm³/mol. The van der Waals surface area contributed by atoms with Crippen molar-refractivity contribution in [3.05, 3.63) is 89.0 Å². The molecule has 2 amide bonds. The van der Waals surface area contributed by atoms with Gasteiger partial charge in [-0.05, 0) is 61.0 Å². The van der Waals surface area contributed by atoms with Gasteiger partial charge in [0.1, 0.15) is 11.6 Å². The van der Waals surface area contributed by atoms with Gasteiger partial charge in [-0.3, -0.25) is 9.59 Å². The minimum absolute atomic E-state index is 0.213. The molecular formula is C24H21ClN4O3. The van der Waals surface area contributed by atoms with Crippen LogP contribution in [0.3, 0.4) is 0 Å². The number of anilines is 1. The molecule has 0 spiro atoms. The van der Waals surface area contributed by atoms with Crippen molar-refractivity contribution in [3.63, 3.8) is 0 Å². The molecule has 0 fully saturated rings. The molecule has 0 atom stereocenters. The Morgan fingerprint density at radius 1 is 1.06 bits per heavy atom. The number of hydrogen-bond acceptors (Lipinski definition) is 4. The lowest BCUT2D eigenvalue weighted by Gasteiger charge is -2.11. The van der Waals surface area contributed by atoms with Crippen molar-refractivity contribution in [1.29, 1.82) is 0 Å². The van der Waals surface area contributed by atoms with E-state index in [-0.39, 0.29) is 11.8 Å². The topological polar surface area (TPSA) is 89.2 Å². The Hall–Kier alpha value is -3.84. The van der Waals surface area contributed by atoms with Crippen LogP contribution in [0.5, 0.6) is 0 Å². The normalized spacial score (nSPS) is 10.7. The summed E-state index contributed by atoms with van der Waals surface area (Å²) in [7, 11) is 0. The van der Waals surface area contributed by atoms with Crippen LogP contribution in [0, 0.1) is 6.92 Å². The maximum Gasteiger partial charge on any atom is 0.251 e. The van der Waals surface area contributed by atoms with Crippen molar-refractivity contribution < 1.29 is 14.0 Å². The number of hydrogen-bond donors (Lipinski definition) is 2. The third kappa shape index (κ3) is 4.58. The summed E-state index contributed by atoms with van der Waals surface area (Å²) in [5.41, 5.74) is 3.65. The van der Waals surface area contributed by atoms with Crippen LogP contribution >= 0.6 is 11.6 Å². The quantitative estimate of drug-likeness (QED) is 0.435. The fraction of sp³-hybridized carbons (Fsp3) is 0.125. The van der Waals surface area contributed by atoms with Crippen molar-refractivity contribution in [2.75, 3.05) is 5.32 Å². The molecule has 4 aromatic rings. The van der Waals surface area contributed by atoms with Gasteiger partial charge in [-0.1, -0.05) is 23.7 Å². The summed E-state index contributed by atoms with van der Waals surface area (Å²) in [5, 5.41) is 11.0. The number of rotatable bonds is 6. The van der Waals surface area contributed by atoms with E-state index in [1.165, 1.54) is 6.92 Å². The second-order valence-electron chi connectivity index (χ2n) is 7.22. The molecule has 0 saturated heterocycles. The molecule has 0 aliphatic rings. The summed E-state index contributed by atoms with van der Waals surface area (Å²) in [5.74, 6) is 0.799. The zero-order valence-corrected chi connectivity index (χ0v) is 18.3. The Morgan fingerprint density at radius 3 is 2.41 bits per heavy atom. The summed E-state index contributed by atoms with van der Waals surface area (Å²) in [6.45, 7) is 3.63. The molecule has 4 rings (SSSR count). The van der Waals surface area contributed by atoms with E-state index in [0.29, 0.717) is 34.4 Å². The molecule has 0 unspecified atom stereocenters. The Bertz CT molecular complexity index is 1240. The number of amides is 2. The molecule has 0 saturated carbocycles. The molecule has 2 aromatic carbocycles. The number of nitrogens with one attached hydrogen (secondary N) is 2. The first-order valence-corrected chi connectivity index (χ1v) is 10.3. The maximum absolute atomic E-state index is 12.4. The molecule has 2 aromatic heterocycles. The lowest BCUT2D eigenvalue weighted by molar-refractivity contribution is -0.114. The molecule has 2 heterocycles. The average Bonchev–Trinajstić information content (AvgIpc) is 3.41. The van der Waals surface area contributed by atoms with Gasteiger partial charge >= 0.3 is 0 Å². The molecule has 0 bridgehead atoms. The molecule has 32 heavy (non-hydrogen) atoms. The van der Waals surface area contributed by atoms with Crippen molar-refractivity contribution in [2.45, 2.75) is 20.4 Å². The molecule has 0 aliphatic heterocycles. The van der Waals surface area contributed by atoms with Gasteiger partial charge in [0, 0.05) is 23.1 Å². The number of aromatic nitrogens is 2. The number of carbonyl (C=O) groups excluding carboxylic acids is 2. The molecule has 7 nitrogen and oxygen atoms in total. The van der Waals surface area contributed by atoms with Gasteiger partial charge in [0.05, 0.1) is 24.2 Å². The van der Waals surface area contributed by atoms with Crippen molar-refractivity contribution in [3.8, 4) is 16.8 Å². The van der Waals surface area contributed by atoms with E-state index in [1.807, 2.05) is 19.1 Å². The third-order valence-corrected chi connectivity index (χ3v) is 5.12. The van der Waals surface area contributed by atoms with Crippen LogP contribution in [0.2, 0.25) is 5.02 Å². The first-order chi connectivity index (χ1) is 15.4. The summed E-state index contributed by atoms with van der Waals surface area (Å²) in [4.78, 5) is 24.4. The second kappa shape index (κ2) is 9.11.